The van der Waals surface area contributed by atoms with E-state index in [1.165, 1.54) is 19.2 Å². The number of carbonyl (C=O) groups excluding carboxylic acids is 1. The molecule has 0 spiro atoms. The van der Waals surface area contributed by atoms with E-state index in [1.54, 1.807) is 24.8 Å². The lowest BCUT2D eigenvalue weighted by molar-refractivity contribution is -0.0224. The van der Waals surface area contributed by atoms with E-state index in [0.29, 0.717) is 23.2 Å². The van der Waals surface area contributed by atoms with Crippen LogP contribution in [0.5, 0.6) is 0 Å². The topological polar surface area (TPSA) is 110 Å². The van der Waals surface area contributed by atoms with Crippen molar-refractivity contribution in [3.8, 4) is 11.1 Å². The number of nitrogens with zero attached hydrogens (tertiary/aromatic N) is 2. The zero-order valence-electron chi connectivity index (χ0n) is 17.7. The van der Waals surface area contributed by atoms with Crippen LogP contribution in [0.25, 0.3) is 11.1 Å². The van der Waals surface area contributed by atoms with Gasteiger partial charge >= 0.3 is 0 Å². The van der Waals surface area contributed by atoms with Gasteiger partial charge in [-0.2, -0.15) is 0 Å². The molecule has 7 nitrogen and oxygen atoms in total. The Hall–Kier alpha value is -3.13. The van der Waals surface area contributed by atoms with Crippen LogP contribution in [0.1, 0.15) is 55.2 Å². The van der Waals surface area contributed by atoms with Crippen LogP contribution in [0, 0.1) is 22.6 Å². The van der Waals surface area contributed by atoms with Gasteiger partial charge in [0.15, 0.2) is 17.4 Å². The number of amides is 1. The van der Waals surface area contributed by atoms with Crippen molar-refractivity contribution in [1.29, 1.82) is 10.8 Å². The number of nitrogens with one attached hydrogen (secondary N) is 2. The fourth-order valence-electron chi connectivity index (χ4n) is 4.43. The molecule has 0 saturated heterocycles. The third kappa shape index (κ3) is 3.95. The van der Waals surface area contributed by atoms with E-state index >= 15 is 0 Å². The lowest BCUT2D eigenvalue weighted by atomic mass is 9.93. The molecular weight excluding hydrogens is 399 g/mol. The minimum Gasteiger partial charge on any atom is -0.424 e. The van der Waals surface area contributed by atoms with Crippen LogP contribution in [0.3, 0.4) is 0 Å². The van der Waals surface area contributed by atoms with Gasteiger partial charge in [0.2, 0.25) is 5.90 Å². The van der Waals surface area contributed by atoms with Crippen molar-refractivity contribution in [3.05, 3.63) is 53.1 Å². The van der Waals surface area contributed by atoms with Gasteiger partial charge in [0.25, 0.3) is 5.91 Å². The van der Waals surface area contributed by atoms with E-state index in [1.807, 2.05) is 12.1 Å². The number of aromatic nitrogens is 1. The molecule has 1 atom stereocenters. The highest BCUT2D eigenvalue weighted by Gasteiger charge is 2.48. The quantitative estimate of drug-likeness (QED) is 0.502. The van der Waals surface area contributed by atoms with Gasteiger partial charge in [0.1, 0.15) is 0 Å². The average molecular weight is 424 g/mol. The summed E-state index contributed by atoms with van der Waals surface area (Å²) in [5.74, 6) is -1.45. The highest BCUT2D eigenvalue weighted by Crippen LogP contribution is 2.44. The van der Waals surface area contributed by atoms with E-state index in [-0.39, 0.29) is 29.5 Å². The van der Waals surface area contributed by atoms with Gasteiger partial charge in [-0.05, 0) is 49.8 Å². The predicted molar refractivity (Wildman–Crippen MR) is 114 cm³/mol. The van der Waals surface area contributed by atoms with E-state index < -0.39 is 17.3 Å². The maximum absolute atomic E-state index is 14.7. The maximum atomic E-state index is 14.7. The molecular formula is C23H25FN4O3. The molecule has 1 saturated carbocycles. The Morgan fingerprint density at radius 2 is 2.06 bits per heavy atom. The first-order valence-corrected chi connectivity index (χ1v) is 10.2. The number of fused-ring (bicyclic) bond motifs is 1. The third-order valence-electron chi connectivity index (χ3n) is 5.72. The molecule has 0 bridgehead atoms. The summed E-state index contributed by atoms with van der Waals surface area (Å²) >= 11 is 0. The lowest BCUT2D eigenvalue weighted by Crippen LogP contribution is -2.51. The second-order valence-electron chi connectivity index (χ2n) is 8.75. The van der Waals surface area contributed by atoms with Crippen LogP contribution in [0.2, 0.25) is 0 Å². The molecule has 2 aromatic rings. The lowest BCUT2D eigenvalue weighted by Gasteiger charge is -2.37. The minimum absolute atomic E-state index is 0.176. The van der Waals surface area contributed by atoms with Crippen LogP contribution in [-0.4, -0.2) is 44.3 Å². The van der Waals surface area contributed by atoms with Crippen LogP contribution in [-0.2, 0) is 11.3 Å². The van der Waals surface area contributed by atoms with E-state index in [4.69, 9.17) is 15.6 Å². The summed E-state index contributed by atoms with van der Waals surface area (Å²) in [6, 6.07) is 6.38. The van der Waals surface area contributed by atoms with Crippen molar-refractivity contribution in [2.75, 3.05) is 0 Å². The zero-order valence-corrected chi connectivity index (χ0v) is 17.7. The van der Waals surface area contributed by atoms with Crippen molar-refractivity contribution in [1.82, 2.24) is 9.88 Å². The van der Waals surface area contributed by atoms with Crippen molar-refractivity contribution >= 4 is 17.7 Å². The molecule has 1 amide bonds. The van der Waals surface area contributed by atoms with Gasteiger partial charge in [-0.15, -0.1) is 0 Å². The summed E-state index contributed by atoms with van der Waals surface area (Å²) in [7, 11) is 0. The summed E-state index contributed by atoms with van der Waals surface area (Å²) in [5, 5.41) is 25.8. The summed E-state index contributed by atoms with van der Waals surface area (Å²) in [4.78, 5) is 19.2. The molecule has 3 N–H and O–H groups in total. The SMILES string of the molecule is CC(=N)OC(=N)c1ncc(-c2cccc3c2C(=O)N([C@H](C2CC2)C(C)(C)O)C3)cc1F. The van der Waals surface area contributed by atoms with Gasteiger partial charge in [-0.25, -0.2) is 9.37 Å². The molecule has 1 fully saturated rings. The summed E-state index contributed by atoms with van der Waals surface area (Å²) < 4.78 is 19.5. The minimum atomic E-state index is -1.03. The highest BCUT2D eigenvalue weighted by molar-refractivity contribution is 6.05. The Labute approximate surface area is 179 Å². The first-order valence-electron chi connectivity index (χ1n) is 10.2. The maximum Gasteiger partial charge on any atom is 0.255 e. The second kappa shape index (κ2) is 7.53. The van der Waals surface area contributed by atoms with Crippen molar-refractivity contribution < 1.29 is 19.0 Å². The van der Waals surface area contributed by atoms with Gasteiger partial charge < -0.3 is 14.7 Å². The number of ether oxygens (including phenoxy) is 1. The van der Waals surface area contributed by atoms with E-state index in [9.17, 15) is 14.3 Å². The highest BCUT2D eigenvalue weighted by atomic mass is 19.1. The molecule has 1 aliphatic carbocycles. The predicted octanol–water partition coefficient (Wildman–Crippen LogP) is 3.73. The Kier molecular flexibility index (Phi) is 5.13. The monoisotopic (exact) mass is 424 g/mol. The smallest absolute Gasteiger partial charge is 0.255 e. The Morgan fingerprint density at radius 1 is 1.35 bits per heavy atom. The molecule has 2 heterocycles. The number of pyridine rings is 1. The fourth-order valence-corrected chi connectivity index (χ4v) is 4.43. The second-order valence-corrected chi connectivity index (χ2v) is 8.75. The standard InChI is InChI=1S/C23H25FN4O3/c1-12(25)31-21(26)19-17(24)9-15(10-27-19)16-6-4-5-14-11-28(22(29)18(14)16)20(13-7-8-13)23(2,3)30/h4-6,9-10,13,20,25-26,30H,7-8,11H2,1-3H3/t20-/m1/s1. The third-order valence-corrected chi connectivity index (χ3v) is 5.72. The van der Waals surface area contributed by atoms with Crippen molar-refractivity contribution in [2.24, 2.45) is 5.92 Å². The molecule has 162 valence electrons. The van der Waals surface area contributed by atoms with Crippen LogP contribution >= 0.6 is 0 Å². The molecule has 4 rings (SSSR count). The Balaban J connectivity index is 1.70. The molecule has 2 aliphatic rings. The molecule has 31 heavy (non-hydrogen) atoms. The number of benzene rings is 1. The largest absolute Gasteiger partial charge is 0.424 e. The molecule has 8 heteroatoms. The Morgan fingerprint density at radius 3 is 2.65 bits per heavy atom. The number of rotatable bonds is 5. The van der Waals surface area contributed by atoms with E-state index in [2.05, 4.69) is 4.98 Å². The number of hydrogen-bond donors (Lipinski definition) is 3. The van der Waals surface area contributed by atoms with E-state index in [0.717, 1.165) is 18.4 Å². The van der Waals surface area contributed by atoms with Crippen molar-refractivity contribution in [2.45, 2.75) is 51.8 Å². The van der Waals surface area contributed by atoms with Crippen molar-refractivity contribution in [3.63, 3.8) is 0 Å². The molecule has 0 unspecified atom stereocenters. The van der Waals surface area contributed by atoms with Gasteiger partial charge in [0, 0.05) is 25.2 Å². The molecule has 1 aliphatic heterocycles. The number of hydrogen-bond acceptors (Lipinski definition) is 6. The first kappa shape index (κ1) is 21.1. The number of carbonyl (C=O) groups is 1. The summed E-state index contributed by atoms with van der Waals surface area (Å²) in [6.07, 6.45) is 3.37. The zero-order chi connectivity index (χ0) is 22.5. The fraction of sp³-hybridized carbons (Fsp3) is 0.391. The van der Waals surface area contributed by atoms with Gasteiger partial charge in [-0.1, -0.05) is 18.2 Å². The summed E-state index contributed by atoms with van der Waals surface area (Å²) in [5.41, 5.74) is 0.974. The van der Waals surface area contributed by atoms with Crippen LogP contribution in [0.15, 0.2) is 30.5 Å². The normalized spacial score (nSPS) is 16.8. The summed E-state index contributed by atoms with van der Waals surface area (Å²) in [6.45, 7) is 5.21. The van der Waals surface area contributed by atoms with Gasteiger partial charge in [-0.3, -0.25) is 15.6 Å². The van der Waals surface area contributed by atoms with Crippen LogP contribution < -0.4 is 0 Å². The van der Waals surface area contributed by atoms with Gasteiger partial charge in [0.05, 0.1) is 17.2 Å². The number of aliphatic hydroxyl groups is 1. The molecule has 1 aromatic carbocycles. The molecule has 1 aromatic heterocycles. The van der Waals surface area contributed by atoms with Crippen LogP contribution in [0.4, 0.5) is 4.39 Å². The average Bonchev–Trinajstić information content (AvgIpc) is 3.44. The molecule has 0 radical (unpaired) electrons. The number of halogens is 1. The first-order chi connectivity index (χ1) is 14.6. The Bertz CT molecular complexity index is 1090.